The quantitative estimate of drug-likeness (QED) is 0.726. The summed E-state index contributed by atoms with van der Waals surface area (Å²) in [6, 6.07) is 28.0. The first-order chi connectivity index (χ1) is 11.7. The van der Waals surface area contributed by atoms with E-state index in [1.807, 2.05) is 67.6 Å². The number of hydrogen-bond acceptors (Lipinski definition) is 1. The van der Waals surface area contributed by atoms with Gasteiger partial charge in [0.1, 0.15) is 0 Å². The van der Waals surface area contributed by atoms with Crippen molar-refractivity contribution in [1.82, 2.24) is 5.32 Å². The average Bonchev–Trinajstić information content (AvgIpc) is 2.63. The molecule has 0 saturated carbocycles. The maximum atomic E-state index is 12.7. The summed E-state index contributed by atoms with van der Waals surface area (Å²) in [6.45, 7) is 1.96. The molecule has 3 aromatic carbocycles. The van der Waals surface area contributed by atoms with Gasteiger partial charge in [0.15, 0.2) is 0 Å². The van der Waals surface area contributed by atoms with Gasteiger partial charge in [0.25, 0.3) is 5.91 Å². The summed E-state index contributed by atoms with van der Waals surface area (Å²) in [5.41, 5.74) is 4.03. The van der Waals surface area contributed by atoms with Gasteiger partial charge >= 0.3 is 0 Å². The summed E-state index contributed by atoms with van der Waals surface area (Å²) in [4.78, 5) is 12.7. The van der Waals surface area contributed by atoms with Crippen LogP contribution in [0.3, 0.4) is 0 Å². The number of rotatable bonds is 5. The number of carbonyl (C=O) groups is 1. The lowest BCUT2D eigenvalue weighted by Gasteiger charge is -2.20. The highest BCUT2D eigenvalue weighted by atomic mass is 16.1. The summed E-state index contributed by atoms with van der Waals surface area (Å²) < 4.78 is 0. The van der Waals surface area contributed by atoms with Gasteiger partial charge in [0.2, 0.25) is 0 Å². The first-order valence-electron chi connectivity index (χ1n) is 8.19. The van der Waals surface area contributed by atoms with E-state index in [9.17, 15) is 4.79 Å². The largest absolute Gasteiger partial charge is 0.345 e. The number of carbonyl (C=O) groups excluding carboxylic acids is 1. The summed E-state index contributed by atoms with van der Waals surface area (Å²) in [6.07, 6.45) is 0.766. The molecule has 0 fully saturated rings. The lowest BCUT2D eigenvalue weighted by Crippen LogP contribution is -2.30. The molecule has 0 saturated heterocycles. The molecule has 0 aliphatic rings. The Morgan fingerprint density at radius 3 is 2.08 bits per heavy atom. The zero-order chi connectivity index (χ0) is 16.8. The van der Waals surface area contributed by atoms with Crippen LogP contribution in [0.25, 0.3) is 0 Å². The normalized spacial score (nSPS) is 11.7. The minimum absolute atomic E-state index is 0.0297. The van der Waals surface area contributed by atoms with Gasteiger partial charge in [-0.1, -0.05) is 78.9 Å². The van der Waals surface area contributed by atoms with Crippen LogP contribution in [-0.4, -0.2) is 5.91 Å². The standard InChI is InChI=1S/C22H21NO/c1-17-10-8-9-15-20(17)22(24)23-21(19-13-6-3-7-14-19)16-18-11-4-2-5-12-18/h2-15,21H,16H2,1H3,(H,23,24)/t21-/m1/s1. The highest BCUT2D eigenvalue weighted by molar-refractivity contribution is 5.95. The van der Waals surface area contributed by atoms with E-state index in [0.29, 0.717) is 0 Å². The third kappa shape index (κ3) is 3.90. The van der Waals surface area contributed by atoms with Crippen LogP contribution in [0, 0.1) is 6.92 Å². The molecule has 0 radical (unpaired) electrons. The molecule has 1 N–H and O–H groups in total. The second kappa shape index (κ2) is 7.60. The zero-order valence-corrected chi connectivity index (χ0v) is 13.8. The van der Waals surface area contributed by atoms with Crippen LogP contribution in [0.2, 0.25) is 0 Å². The molecule has 0 aromatic heterocycles. The minimum atomic E-state index is -0.0549. The summed E-state index contributed by atoms with van der Waals surface area (Å²) in [5, 5.41) is 3.20. The summed E-state index contributed by atoms with van der Waals surface area (Å²) in [7, 11) is 0. The fourth-order valence-electron chi connectivity index (χ4n) is 2.85. The van der Waals surface area contributed by atoms with Gasteiger partial charge in [-0.15, -0.1) is 0 Å². The number of hydrogen-bond donors (Lipinski definition) is 1. The van der Waals surface area contributed by atoms with Gasteiger partial charge in [0.05, 0.1) is 6.04 Å². The minimum Gasteiger partial charge on any atom is -0.345 e. The first-order valence-corrected chi connectivity index (χ1v) is 8.19. The molecule has 0 unspecified atom stereocenters. The molecule has 0 aliphatic heterocycles. The van der Waals surface area contributed by atoms with Crippen molar-refractivity contribution in [2.45, 2.75) is 19.4 Å². The van der Waals surface area contributed by atoms with Crippen LogP contribution < -0.4 is 5.32 Å². The molecule has 0 aliphatic carbocycles. The Morgan fingerprint density at radius 1 is 0.833 bits per heavy atom. The van der Waals surface area contributed by atoms with Gasteiger partial charge in [0, 0.05) is 5.56 Å². The van der Waals surface area contributed by atoms with Crippen LogP contribution in [0.4, 0.5) is 0 Å². The van der Waals surface area contributed by atoms with Crippen LogP contribution >= 0.6 is 0 Å². The molecule has 3 rings (SSSR count). The van der Waals surface area contributed by atoms with E-state index < -0.39 is 0 Å². The van der Waals surface area contributed by atoms with Crippen molar-refractivity contribution in [3.05, 3.63) is 107 Å². The maximum absolute atomic E-state index is 12.7. The topological polar surface area (TPSA) is 29.1 Å². The van der Waals surface area contributed by atoms with E-state index in [2.05, 4.69) is 29.6 Å². The van der Waals surface area contributed by atoms with E-state index in [1.54, 1.807) is 0 Å². The van der Waals surface area contributed by atoms with Crippen LogP contribution in [-0.2, 0) is 6.42 Å². The number of benzene rings is 3. The Balaban J connectivity index is 1.85. The molecule has 2 nitrogen and oxygen atoms in total. The fraction of sp³-hybridized carbons (Fsp3) is 0.136. The fourth-order valence-corrected chi connectivity index (χ4v) is 2.85. The third-order valence-corrected chi connectivity index (χ3v) is 4.18. The second-order valence-electron chi connectivity index (χ2n) is 5.94. The molecule has 1 amide bonds. The van der Waals surface area contributed by atoms with Crippen molar-refractivity contribution in [3.63, 3.8) is 0 Å². The van der Waals surface area contributed by atoms with Gasteiger partial charge < -0.3 is 5.32 Å². The predicted octanol–water partition coefficient (Wildman–Crippen LogP) is 4.71. The molecule has 0 heterocycles. The van der Waals surface area contributed by atoms with E-state index in [-0.39, 0.29) is 11.9 Å². The molecule has 3 aromatic rings. The Labute approximate surface area is 143 Å². The highest BCUT2D eigenvalue weighted by Gasteiger charge is 2.17. The van der Waals surface area contributed by atoms with Crippen LogP contribution in [0.5, 0.6) is 0 Å². The monoisotopic (exact) mass is 315 g/mol. The van der Waals surface area contributed by atoms with E-state index in [4.69, 9.17) is 0 Å². The van der Waals surface area contributed by atoms with Crippen molar-refractivity contribution >= 4 is 5.91 Å². The van der Waals surface area contributed by atoms with Gasteiger partial charge in [-0.25, -0.2) is 0 Å². The van der Waals surface area contributed by atoms with Crippen molar-refractivity contribution in [1.29, 1.82) is 0 Å². The molecule has 0 spiro atoms. The van der Waals surface area contributed by atoms with Crippen molar-refractivity contribution in [2.24, 2.45) is 0 Å². The van der Waals surface area contributed by atoms with Gasteiger partial charge in [-0.3, -0.25) is 4.79 Å². The SMILES string of the molecule is Cc1ccccc1C(=O)N[C@H](Cc1ccccc1)c1ccccc1. The first kappa shape index (κ1) is 16.0. The lowest BCUT2D eigenvalue weighted by molar-refractivity contribution is 0.0936. The number of aryl methyl sites for hydroxylation is 1. The molecule has 120 valence electrons. The number of nitrogens with one attached hydrogen (secondary N) is 1. The second-order valence-corrected chi connectivity index (χ2v) is 5.94. The summed E-state index contributed by atoms with van der Waals surface area (Å²) >= 11 is 0. The third-order valence-electron chi connectivity index (χ3n) is 4.18. The smallest absolute Gasteiger partial charge is 0.252 e. The maximum Gasteiger partial charge on any atom is 0.252 e. The average molecular weight is 315 g/mol. The van der Waals surface area contributed by atoms with E-state index in [1.165, 1.54) is 5.56 Å². The van der Waals surface area contributed by atoms with Crippen LogP contribution in [0.15, 0.2) is 84.9 Å². The van der Waals surface area contributed by atoms with Gasteiger partial charge in [-0.05, 0) is 36.1 Å². The molecule has 2 heteroatoms. The molecular weight excluding hydrogens is 294 g/mol. The van der Waals surface area contributed by atoms with Crippen LogP contribution in [0.1, 0.15) is 33.1 Å². The van der Waals surface area contributed by atoms with Crippen molar-refractivity contribution in [2.75, 3.05) is 0 Å². The highest BCUT2D eigenvalue weighted by Crippen LogP contribution is 2.19. The Bertz CT molecular complexity index is 796. The summed E-state index contributed by atoms with van der Waals surface area (Å²) in [5.74, 6) is -0.0297. The Kier molecular flexibility index (Phi) is 5.07. The predicted molar refractivity (Wildman–Crippen MR) is 98.0 cm³/mol. The molecule has 1 atom stereocenters. The Morgan fingerprint density at radius 2 is 1.42 bits per heavy atom. The molecular formula is C22H21NO. The number of amides is 1. The Hall–Kier alpha value is -2.87. The van der Waals surface area contributed by atoms with E-state index >= 15 is 0 Å². The molecule has 0 bridgehead atoms. The van der Waals surface area contributed by atoms with Gasteiger partial charge in [-0.2, -0.15) is 0 Å². The lowest BCUT2D eigenvalue weighted by atomic mass is 9.98. The van der Waals surface area contributed by atoms with Crippen molar-refractivity contribution in [3.8, 4) is 0 Å². The van der Waals surface area contributed by atoms with Crippen molar-refractivity contribution < 1.29 is 4.79 Å². The van der Waals surface area contributed by atoms with E-state index in [0.717, 1.165) is 23.1 Å². The molecule has 24 heavy (non-hydrogen) atoms. The zero-order valence-electron chi connectivity index (χ0n) is 13.8.